The molecule has 0 fully saturated rings. The molecule has 4 heteroatoms. The van der Waals surface area contributed by atoms with E-state index >= 15 is 0 Å². The van der Waals surface area contributed by atoms with Gasteiger partial charge in [0.25, 0.3) is 0 Å². The van der Waals surface area contributed by atoms with E-state index < -0.39 is 5.97 Å². The molecule has 1 heterocycles. The van der Waals surface area contributed by atoms with Crippen LogP contribution in [0.15, 0.2) is 48.5 Å². The fourth-order valence-electron chi connectivity index (χ4n) is 2.37. The molecule has 0 saturated heterocycles. The van der Waals surface area contributed by atoms with Gasteiger partial charge in [0.1, 0.15) is 0 Å². The molecule has 0 unspecified atom stereocenters. The van der Waals surface area contributed by atoms with Gasteiger partial charge < -0.3 is 5.11 Å². The number of nitrogens with zero attached hydrogens (tertiary/aromatic N) is 1. The summed E-state index contributed by atoms with van der Waals surface area (Å²) in [4.78, 5) is 16.1. The van der Waals surface area contributed by atoms with Crippen LogP contribution in [0.5, 0.6) is 0 Å². The van der Waals surface area contributed by atoms with Crippen molar-refractivity contribution < 1.29 is 9.90 Å². The fraction of sp³-hybridized carbons (Fsp3) is 0.0588. The molecule has 0 spiro atoms. The maximum Gasteiger partial charge on any atom is 0.336 e. The van der Waals surface area contributed by atoms with Gasteiger partial charge in [-0.15, -0.1) is 0 Å². The highest BCUT2D eigenvalue weighted by molar-refractivity contribution is 6.31. The van der Waals surface area contributed by atoms with Crippen molar-refractivity contribution >= 4 is 28.5 Å². The molecule has 0 aliphatic heterocycles. The summed E-state index contributed by atoms with van der Waals surface area (Å²) >= 11 is 5.96. The molecule has 3 nitrogen and oxygen atoms in total. The molecule has 21 heavy (non-hydrogen) atoms. The van der Waals surface area contributed by atoms with Crippen LogP contribution in [0.1, 0.15) is 15.9 Å². The van der Waals surface area contributed by atoms with Crippen LogP contribution in [-0.4, -0.2) is 16.1 Å². The van der Waals surface area contributed by atoms with Crippen molar-refractivity contribution in [3.63, 3.8) is 0 Å². The Balaban J connectivity index is 2.34. The summed E-state index contributed by atoms with van der Waals surface area (Å²) in [5.74, 6) is -0.987. The predicted molar refractivity (Wildman–Crippen MR) is 83.9 cm³/mol. The number of carboxylic acids is 1. The Morgan fingerprint density at radius 2 is 1.90 bits per heavy atom. The highest BCUT2D eigenvalue weighted by Crippen LogP contribution is 2.28. The van der Waals surface area contributed by atoms with E-state index in [-0.39, 0.29) is 5.56 Å². The lowest BCUT2D eigenvalue weighted by molar-refractivity contribution is 0.0699. The molecule has 3 rings (SSSR count). The molecular weight excluding hydrogens is 286 g/mol. The van der Waals surface area contributed by atoms with Crippen molar-refractivity contribution in [2.24, 2.45) is 0 Å². The van der Waals surface area contributed by atoms with Crippen LogP contribution in [0.3, 0.4) is 0 Å². The highest BCUT2D eigenvalue weighted by atomic mass is 35.5. The van der Waals surface area contributed by atoms with Gasteiger partial charge in [-0.3, -0.25) is 0 Å². The van der Waals surface area contributed by atoms with E-state index in [2.05, 4.69) is 4.98 Å². The van der Waals surface area contributed by atoms with Gasteiger partial charge >= 0.3 is 5.97 Å². The number of hydrogen-bond donors (Lipinski definition) is 1. The maximum atomic E-state index is 11.5. The zero-order valence-corrected chi connectivity index (χ0v) is 12.1. The zero-order valence-electron chi connectivity index (χ0n) is 11.3. The zero-order chi connectivity index (χ0) is 15.0. The van der Waals surface area contributed by atoms with Crippen molar-refractivity contribution in [3.8, 4) is 11.3 Å². The van der Waals surface area contributed by atoms with Gasteiger partial charge in [0.05, 0.1) is 16.8 Å². The van der Waals surface area contributed by atoms with E-state index in [0.29, 0.717) is 21.6 Å². The summed E-state index contributed by atoms with van der Waals surface area (Å²) in [6.07, 6.45) is 0. The van der Waals surface area contributed by atoms with E-state index in [9.17, 15) is 9.90 Å². The minimum atomic E-state index is -0.987. The summed E-state index contributed by atoms with van der Waals surface area (Å²) in [5.41, 5.74) is 3.46. The molecule has 104 valence electrons. The Hall–Kier alpha value is -2.39. The molecule has 0 radical (unpaired) electrons. The third-order valence-corrected chi connectivity index (χ3v) is 3.66. The quantitative estimate of drug-likeness (QED) is 0.754. The molecule has 0 atom stereocenters. The smallest absolute Gasteiger partial charge is 0.336 e. The van der Waals surface area contributed by atoms with Gasteiger partial charge in [-0.2, -0.15) is 0 Å². The minimum absolute atomic E-state index is 0.209. The van der Waals surface area contributed by atoms with Crippen molar-refractivity contribution in [1.29, 1.82) is 0 Å². The average Bonchev–Trinajstić information content (AvgIpc) is 2.46. The maximum absolute atomic E-state index is 11.5. The van der Waals surface area contributed by atoms with Gasteiger partial charge in [-0.25, -0.2) is 9.78 Å². The van der Waals surface area contributed by atoms with Crippen molar-refractivity contribution in [3.05, 3.63) is 64.7 Å². The van der Waals surface area contributed by atoms with Gasteiger partial charge in [0.15, 0.2) is 0 Å². The average molecular weight is 298 g/mol. The van der Waals surface area contributed by atoms with Crippen LogP contribution in [0.25, 0.3) is 22.2 Å². The van der Waals surface area contributed by atoms with Crippen LogP contribution < -0.4 is 0 Å². The Kier molecular flexibility index (Phi) is 3.35. The summed E-state index contributed by atoms with van der Waals surface area (Å²) in [7, 11) is 0. The number of aromatic carboxylic acids is 1. The Labute approximate surface area is 126 Å². The normalized spacial score (nSPS) is 10.8. The summed E-state index contributed by atoms with van der Waals surface area (Å²) < 4.78 is 0. The van der Waals surface area contributed by atoms with Crippen molar-refractivity contribution in [2.45, 2.75) is 6.92 Å². The summed E-state index contributed by atoms with van der Waals surface area (Å²) in [5, 5.41) is 10.5. The second kappa shape index (κ2) is 5.19. The number of rotatable bonds is 2. The van der Waals surface area contributed by atoms with E-state index in [1.165, 1.54) is 0 Å². The first-order chi connectivity index (χ1) is 10.1. The molecule has 3 aromatic rings. The summed E-state index contributed by atoms with van der Waals surface area (Å²) in [6, 6.07) is 14.5. The van der Waals surface area contributed by atoms with E-state index in [1.807, 2.05) is 31.2 Å². The lowest BCUT2D eigenvalue weighted by atomic mass is 10.0. The van der Waals surface area contributed by atoms with Crippen LogP contribution >= 0.6 is 11.6 Å². The minimum Gasteiger partial charge on any atom is -0.478 e. The molecule has 1 aromatic heterocycles. The van der Waals surface area contributed by atoms with Crippen molar-refractivity contribution in [2.75, 3.05) is 0 Å². The Morgan fingerprint density at radius 3 is 2.62 bits per heavy atom. The second-order valence-corrected chi connectivity index (χ2v) is 5.27. The molecule has 0 aliphatic carbocycles. The fourth-order valence-corrected chi connectivity index (χ4v) is 2.55. The monoisotopic (exact) mass is 297 g/mol. The molecule has 0 saturated carbocycles. The van der Waals surface area contributed by atoms with Gasteiger partial charge in [0.2, 0.25) is 0 Å². The number of hydrogen-bond acceptors (Lipinski definition) is 2. The van der Waals surface area contributed by atoms with Crippen LogP contribution in [0, 0.1) is 6.92 Å². The number of aryl methyl sites for hydroxylation is 1. The van der Waals surface area contributed by atoms with Crippen LogP contribution in [0.4, 0.5) is 0 Å². The molecule has 0 aliphatic rings. The Bertz CT molecular complexity index is 859. The lowest BCUT2D eigenvalue weighted by Crippen LogP contribution is -2.00. The predicted octanol–water partition coefficient (Wildman–Crippen LogP) is 4.56. The van der Waals surface area contributed by atoms with Gasteiger partial charge in [-0.1, -0.05) is 35.9 Å². The number of halogens is 1. The van der Waals surface area contributed by atoms with Crippen LogP contribution in [0.2, 0.25) is 5.02 Å². The number of carbonyl (C=O) groups is 1. The second-order valence-electron chi connectivity index (χ2n) is 4.84. The first-order valence-electron chi connectivity index (χ1n) is 6.46. The number of pyridine rings is 1. The largest absolute Gasteiger partial charge is 0.478 e. The SMILES string of the molecule is Cc1ccccc1-c1cc(C(=O)O)c2cc(Cl)ccc2n1. The number of carboxylic acid groups (broad SMARTS) is 1. The third kappa shape index (κ3) is 2.48. The van der Waals surface area contributed by atoms with Gasteiger partial charge in [0, 0.05) is 16.0 Å². The molecule has 0 bridgehead atoms. The van der Waals surface area contributed by atoms with E-state index in [1.54, 1.807) is 24.3 Å². The van der Waals surface area contributed by atoms with Gasteiger partial charge in [-0.05, 0) is 36.8 Å². The molecule has 0 amide bonds. The first kappa shape index (κ1) is 13.6. The van der Waals surface area contributed by atoms with E-state index in [0.717, 1.165) is 11.1 Å². The summed E-state index contributed by atoms with van der Waals surface area (Å²) in [6.45, 7) is 1.98. The third-order valence-electron chi connectivity index (χ3n) is 3.42. The first-order valence-corrected chi connectivity index (χ1v) is 6.83. The van der Waals surface area contributed by atoms with Crippen molar-refractivity contribution in [1.82, 2.24) is 4.98 Å². The van der Waals surface area contributed by atoms with E-state index in [4.69, 9.17) is 11.6 Å². The molecular formula is C17H12ClNO2. The number of fused-ring (bicyclic) bond motifs is 1. The molecule has 2 aromatic carbocycles. The number of benzene rings is 2. The Morgan fingerprint density at radius 1 is 1.14 bits per heavy atom. The standard InChI is InChI=1S/C17H12ClNO2/c1-10-4-2-3-5-12(10)16-9-14(17(20)21)13-8-11(18)6-7-15(13)19-16/h2-9H,1H3,(H,20,21). The molecule has 1 N–H and O–H groups in total. The highest BCUT2D eigenvalue weighted by Gasteiger charge is 2.14. The van der Waals surface area contributed by atoms with Crippen LogP contribution in [-0.2, 0) is 0 Å². The lowest BCUT2D eigenvalue weighted by Gasteiger charge is -2.09. The topological polar surface area (TPSA) is 50.2 Å². The number of aromatic nitrogens is 1.